The van der Waals surface area contributed by atoms with Crippen LogP contribution in [0.2, 0.25) is 0 Å². The van der Waals surface area contributed by atoms with Gasteiger partial charge in [-0.05, 0) is 37.5 Å². The molecule has 2 atom stereocenters. The molecule has 0 aromatic carbocycles. The molecule has 2 heterocycles. The number of fused-ring (bicyclic) bond motifs is 1. The maximum atomic E-state index is 10.5. The smallest absolute Gasteiger partial charge is 0.328 e. The van der Waals surface area contributed by atoms with Crippen LogP contribution in [0.1, 0.15) is 29.0 Å². The van der Waals surface area contributed by atoms with Crippen molar-refractivity contribution in [2.75, 3.05) is 13.2 Å². The molecular weight excluding hydrogens is 274 g/mol. The van der Waals surface area contributed by atoms with E-state index >= 15 is 0 Å². The number of thiophene rings is 1. The molecule has 0 spiro atoms. The van der Waals surface area contributed by atoms with Gasteiger partial charge >= 0.3 is 5.97 Å². The van der Waals surface area contributed by atoms with Crippen molar-refractivity contribution in [3.05, 3.63) is 28.0 Å². The predicted molar refractivity (Wildman–Crippen MR) is 78.8 cm³/mol. The van der Waals surface area contributed by atoms with E-state index in [1.807, 2.05) is 6.07 Å². The van der Waals surface area contributed by atoms with E-state index < -0.39 is 5.97 Å². The number of carboxylic acid groups (broad SMARTS) is 1. The van der Waals surface area contributed by atoms with Crippen molar-refractivity contribution < 1.29 is 14.6 Å². The van der Waals surface area contributed by atoms with Crippen LogP contribution in [0.3, 0.4) is 0 Å². The van der Waals surface area contributed by atoms with E-state index in [1.165, 1.54) is 30.2 Å². The summed E-state index contributed by atoms with van der Waals surface area (Å²) >= 11 is 1.67. The van der Waals surface area contributed by atoms with Gasteiger partial charge in [-0.1, -0.05) is 0 Å². The van der Waals surface area contributed by atoms with Crippen molar-refractivity contribution in [3.63, 3.8) is 0 Å². The molecule has 2 fully saturated rings. The summed E-state index contributed by atoms with van der Waals surface area (Å²) in [4.78, 5) is 15.3. The lowest BCUT2D eigenvalue weighted by Gasteiger charge is -2.37. The number of ether oxygens (including phenoxy) is 1. The highest BCUT2D eigenvalue weighted by atomic mass is 32.1. The third-order valence-electron chi connectivity index (χ3n) is 4.03. The first-order chi connectivity index (χ1) is 9.72. The van der Waals surface area contributed by atoms with E-state index in [9.17, 15) is 4.79 Å². The summed E-state index contributed by atoms with van der Waals surface area (Å²) in [6.07, 6.45) is 6.98. The summed E-state index contributed by atoms with van der Waals surface area (Å²) in [6.45, 7) is 2.79. The van der Waals surface area contributed by atoms with Crippen LogP contribution in [0, 0.1) is 0 Å². The zero-order valence-electron chi connectivity index (χ0n) is 11.3. The van der Waals surface area contributed by atoms with Crippen molar-refractivity contribution in [3.8, 4) is 0 Å². The highest BCUT2D eigenvalue weighted by molar-refractivity contribution is 7.12. The first-order valence-electron chi connectivity index (χ1n) is 7.08. The fourth-order valence-corrected chi connectivity index (χ4v) is 4.07. The third kappa shape index (κ3) is 3.11. The van der Waals surface area contributed by atoms with Crippen LogP contribution in [0.25, 0.3) is 6.08 Å². The molecule has 3 rings (SSSR count). The van der Waals surface area contributed by atoms with E-state index in [4.69, 9.17) is 9.84 Å². The molecule has 4 nitrogen and oxygen atoms in total. The summed E-state index contributed by atoms with van der Waals surface area (Å²) in [6, 6.07) is 4.67. The van der Waals surface area contributed by atoms with Gasteiger partial charge in [0.25, 0.3) is 0 Å². The molecule has 1 N–H and O–H groups in total. The average Bonchev–Trinajstić information content (AvgIpc) is 3.05. The Morgan fingerprint density at radius 2 is 2.40 bits per heavy atom. The lowest BCUT2D eigenvalue weighted by molar-refractivity contribution is -0.131. The van der Waals surface area contributed by atoms with Crippen LogP contribution in [-0.4, -0.2) is 41.3 Å². The van der Waals surface area contributed by atoms with Crippen LogP contribution >= 0.6 is 11.3 Å². The molecule has 1 saturated carbocycles. The molecule has 1 aliphatic carbocycles. The van der Waals surface area contributed by atoms with Gasteiger partial charge in [-0.15, -0.1) is 11.3 Å². The Hall–Kier alpha value is -1.17. The lowest BCUT2D eigenvalue weighted by Crippen LogP contribution is -2.47. The standard InChI is InChI=1S/C15H19NO3S/c17-15(18)7-6-11-4-5-12(20-11)10-16-8-9-19-14-3-1-2-13(14)16/h4-7,13-14H,1-3,8-10H2,(H,17,18). The molecular formula is C15H19NO3S. The van der Waals surface area contributed by atoms with E-state index in [-0.39, 0.29) is 0 Å². The number of aliphatic carboxylic acids is 1. The van der Waals surface area contributed by atoms with Gasteiger partial charge in [0.05, 0.1) is 12.7 Å². The number of rotatable bonds is 4. The summed E-state index contributed by atoms with van der Waals surface area (Å²) in [5.74, 6) is -0.901. The summed E-state index contributed by atoms with van der Waals surface area (Å²) in [5.41, 5.74) is 0. The molecule has 0 radical (unpaired) electrons. The molecule has 1 aromatic heterocycles. The zero-order valence-corrected chi connectivity index (χ0v) is 12.1. The number of carbonyl (C=O) groups is 1. The molecule has 1 saturated heterocycles. The Bertz CT molecular complexity index is 511. The minimum Gasteiger partial charge on any atom is -0.478 e. The van der Waals surface area contributed by atoms with E-state index in [1.54, 1.807) is 17.4 Å². The normalized spacial score (nSPS) is 27.0. The Morgan fingerprint density at radius 3 is 3.25 bits per heavy atom. The Morgan fingerprint density at radius 1 is 1.50 bits per heavy atom. The number of nitrogens with zero attached hydrogens (tertiary/aromatic N) is 1. The van der Waals surface area contributed by atoms with Gasteiger partial charge in [-0.25, -0.2) is 4.79 Å². The van der Waals surface area contributed by atoms with Crippen molar-refractivity contribution in [2.24, 2.45) is 0 Å². The maximum absolute atomic E-state index is 10.5. The van der Waals surface area contributed by atoms with E-state index in [0.29, 0.717) is 12.1 Å². The second-order valence-electron chi connectivity index (χ2n) is 5.35. The number of carboxylic acids is 1. The number of morpholine rings is 1. The molecule has 1 aliphatic heterocycles. The molecule has 2 aliphatic rings. The Balaban J connectivity index is 1.64. The van der Waals surface area contributed by atoms with Crippen LogP contribution in [0.5, 0.6) is 0 Å². The van der Waals surface area contributed by atoms with Gasteiger partial charge in [-0.3, -0.25) is 4.90 Å². The third-order valence-corrected chi connectivity index (χ3v) is 5.06. The van der Waals surface area contributed by atoms with Gasteiger partial charge in [0.2, 0.25) is 0 Å². The molecule has 1 aromatic rings. The van der Waals surface area contributed by atoms with Crippen LogP contribution in [0.15, 0.2) is 18.2 Å². The van der Waals surface area contributed by atoms with Crippen LogP contribution in [0.4, 0.5) is 0 Å². The number of hydrogen-bond acceptors (Lipinski definition) is 4. The van der Waals surface area contributed by atoms with Crippen molar-refractivity contribution in [1.82, 2.24) is 4.90 Å². The minimum absolute atomic E-state index is 0.426. The second-order valence-corrected chi connectivity index (χ2v) is 6.55. The van der Waals surface area contributed by atoms with Crippen molar-refractivity contribution in [1.29, 1.82) is 0 Å². The van der Waals surface area contributed by atoms with Gasteiger partial charge in [0.15, 0.2) is 0 Å². The van der Waals surface area contributed by atoms with Gasteiger partial charge in [0, 0.05) is 35.0 Å². The lowest BCUT2D eigenvalue weighted by atomic mass is 10.1. The fraction of sp³-hybridized carbons (Fsp3) is 0.533. The fourth-order valence-electron chi connectivity index (χ4n) is 3.12. The zero-order chi connectivity index (χ0) is 13.9. The first-order valence-corrected chi connectivity index (χ1v) is 7.89. The quantitative estimate of drug-likeness (QED) is 0.867. The highest BCUT2D eigenvalue weighted by Crippen LogP contribution is 2.31. The SMILES string of the molecule is O=C(O)C=Cc1ccc(CN2CCOC3CCCC32)s1. The van der Waals surface area contributed by atoms with E-state index in [0.717, 1.165) is 24.6 Å². The minimum atomic E-state index is -0.901. The van der Waals surface area contributed by atoms with Gasteiger partial charge < -0.3 is 9.84 Å². The van der Waals surface area contributed by atoms with Crippen LogP contribution < -0.4 is 0 Å². The van der Waals surface area contributed by atoms with Crippen molar-refractivity contribution >= 4 is 23.4 Å². The maximum Gasteiger partial charge on any atom is 0.328 e. The highest BCUT2D eigenvalue weighted by Gasteiger charge is 2.35. The van der Waals surface area contributed by atoms with Crippen molar-refractivity contribution in [2.45, 2.75) is 38.0 Å². The molecule has 0 amide bonds. The average molecular weight is 293 g/mol. The molecule has 20 heavy (non-hydrogen) atoms. The molecule has 108 valence electrons. The summed E-state index contributed by atoms with van der Waals surface area (Å²) in [7, 11) is 0. The second kappa shape index (κ2) is 6.08. The Labute approximate surface area is 122 Å². The first kappa shape index (κ1) is 13.8. The monoisotopic (exact) mass is 293 g/mol. The van der Waals surface area contributed by atoms with Crippen LogP contribution in [-0.2, 0) is 16.1 Å². The predicted octanol–water partition coefficient (Wildman–Crippen LogP) is 2.60. The number of hydrogen-bond donors (Lipinski definition) is 1. The Kier molecular flexibility index (Phi) is 4.19. The van der Waals surface area contributed by atoms with Gasteiger partial charge in [-0.2, -0.15) is 0 Å². The molecule has 2 unspecified atom stereocenters. The molecule has 0 bridgehead atoms. The van der Waals surface area contributed by atoms with E-state index in [2.05, 4.69) is 11.0 Å². The molecule has 5 heteroatoms. The largest absolute Gasteiger partial charge is 0.478 e. The van der Waals surface area contributed by atoms with Gasteiger partial charge in [0.1, 0.15) is 0 Å². The summed E-state index contributed by atoms with van der Waals surface area (Å²) < 4.78 is 5.83. The topological polar surface area (TPSA) is 49.8 Å². The summed E-state index contributed by atoms with van der Waals surface area (Å²) in [5, 5.41) is 8.64.